The van der Waals surface area contributed by atoms with Crippen LogP contribution in [0.3, 0.4) is 0 Å². The third-order valence-corrected chi connectivity index (χ3v) is 6.93. The minimum absolute atomic E-state index is 0.00459. The van der Waals surface area contributed by atoms with Crippen LogP contribution in [0.2, 0.25) is 0 Å². The largest absolute Gasteiger partial charge is 0.463 e. The number of halogens is 4. The zero-order chi connectivity index (χ0) is 26.8. The van der Waals surface area contributed by atoms with E-state index in [0.717, 1.165) is 35.4 Å². The van der Waals surface area contributed by atoms with Crippen molar-refractivity contribution in [2.45, 2.75) is 24.0 Å². The van der Waals surface area contributed by atoms with Crippen molar-refractivity contribution in [3.05, 3.63) is 70.4 Å². The second kappa shape index (κ2) is 10.3. The van der Waals surface area contributed by atoms with Crippen molar-refractivity contribution in [1.82, 2.24) is 5.32 Å². The number of carbonyl (C=O) groups is 2. The van der Waals surface area contributed by atoms with E-state index in [1.807, 2.05) is 6.07 Å². The minimum atomic E-state index is -4.68. The van der Waals surface area contributed by atoms with Crippen LogP contribution >= 0.6 is 15.9 Å². The maximum Gasteiger partial charge on any atom is 0.416 e. The Morgan fingerprint density at radius 2 is 1.94 bits per heavy atom. The van der Waals surface area contributed by atoms with Gasteiger partial charge in [0.1, 0.15) is 0 Å². The van der Waals surface area contributed by atoms with Crippen molar-refractivity contribution in [3.8, 4) is 6.07 Å². The van der Waals surface area contributed by atoms with Crippen LogP contribution in [0.4, 0.5) is 23.7 Å². The number of sulfone groups is 1. The molecule has 2 aromatic rings. The van der Waals surface area contributed by atoms with Crippen LogP contribution in [0.25, 0.3) is 0 Å². The Bertz CT molecular complexity index is 1400. The Labute approximate surface area is 213 Å². The smallest absolute Gasteiger partial charge is 0.416 e. The van der Waals surface area contributed by atoms with Gasteiger partial charge in [0.15, 0.2) is 9.84 Å². The summed E-state index contributed by atoms with van der Waals surface area (Å²) in [6.45, 7) is 1.48. The van der Waals surface area contributed by atoms with E-state index in [9.17, 15) is 36.4 Å². The number of anilines is 1. The molecule has 190 valence electrons. The molecule has 13 heteroatoms. The molecule has 0 spiro atoms. The topological polar surface area (TPSA) is 117 Å². The molecule has 1 atom stereocenters. The fourth-order valence-electron chi connectivity index (χ4n) is 3.74. The van der Waals surface area contributed by atoms with Crippen molar-refractivity contribution in [2.24, 2.45) is 0 Å². The van der Waals surface area contributed by atoms with Crippen molar-refractivity contribution in [3.63, 3.8) is 0 Å². The molecule has 2 aromatic carbocycles. The number of rotatable bonds is 6. The number of carbonyl (C=O) groups excluding carboxylic acids is 2. The van der Waals surface area contributed by atoms with E-state index < -0.39 is 39.6 Å². The highest BCUT2D eigenvalue weighted by atomic mass is 79.9. The second-order valence-corrected chi connectivity index (χ2v) is 10.2. The highest BCUT2D eigenvalue weighted by Gasteiger charge is 2.41. The molecule has 0 aliphatic carbocycles. The van der Waals surface area contributed by atoms with Crippen LogP contribution in [0.1, 0.15) is 29.7 Å². The van der Waals surface area contributed by atoms with Crippen LogP contribution in [-0.2, 0) is 25.5 Å². The lowest BCUT2D eigenvalue weighted by atomic mass is 9.93. The summed E-state index contributed by atoms with van der Waals surface area (Å²) in [4.78, 5) is 26.9. The number of amides is 2. The summed E-state index contributed by atoms with van der Waals surface area (Å²) in [7, 11) is -3.93. The first-order valence-electron chi connectivity index (χ1n) is 10.3. The molecule has 0 fully saturated rings. The zero-order valence-electron chi connectivity index (χ0n) is 18.9. The molecular formula is C23H19BrF3N3O5S. The van der Waals surface area contributed by atoms with Gasteiger partial charge in [0.05, 0.1) is 51.7 Å². The third-order valence-electron chi connectivity index (χ3n) is 5.25. The number of benzene rings is 2. The van der Waals surface area contributed by atoms with Crippen molar-refractivity contribution < 1.29 is 35.9 Å². The quantitative estimate of drug-likeness (QED) is 0.395. The predicted octanol–water partition coefficient (Wildman–Crippen LogP) is 4.46. The SMILES string of the molecule is CCOC(=O)C1=C(CBr)N(c2cccc(C(F)(F)F)c2)C(=O)NC1c1ccc(C#N)cc1S(C)(=O)=O. The standard InChI is InChI=1S/C23H19BrF3N3O5S/c1-3-35-21(31)19-17(11-24)30(15-6-4-5-14(10-15)23(25,26)27)22(32)29-20(19)16-8-7-13(12-28)9-18(16)36(2,33)34/h4-10,20H,3,11H2,1-2H3,(H,29,32). The van der Waals surface area contributed by atoms with Crippen LogP contribution in [0.15, 0.2) is 58.6 Å². The number of nitriles is 1. The van der Waals surface area contributed by atoms with Crippen molar-refractivity contribution in [2.75, 3.05) is 23.1 Å². The molecule has 1 unspecified atom stereocenters. The van der Waals surface area contributed by atoms with Crippen LogP contribution < -0.4 is 10.2 Å². The van der Waals surface area contributed by atoms with Gasteiger partial charge in [-0.1, -0.05) is 28.1 Å². The lowest BCUT2D eigenvalue weighted by Crippen LogP contribution is -2.49. The van der Waals surface area contributed by atoms with Crippen LogP contribution in [-0.4, -0.2) is 38.6 Å². The Hall–Kier alpha value is -3.37. The monoisotopic (exact) mass is 585 g/mol. The molecule has 0 aromatic heterocycles. The first-order chi connectivity index (χ1) is 16.8. The fraction of sp³-hybridized carbons (Fsp3) is 0.261. The van der Waals surface area contributed by atoms with Gasteiger partial charge in [-0.25, -0.2) is 18.0 Å². The minimum Gasteiger partial charge on any atom is -0.463 e. The number of esters is 1. The van der Waals surface area contributed by atoms with Gasteiger partial charge in [-0.05, 0) is 42.8 Å². The first-order valence-corrected chi connectivity index (χ1v) is 13.3. The van der Waals surface area contributed by atoms with Gasteiger partial charge in [-0.2, -0.15) is 18.4 Å². The second-order valence-electron chi connectivity index (χ2n) is 7.62. The Morgan fingerprint density at radius 1 is 1.25 bits per heavy atom. The predicted molar refractivity (Wildman–Crippen MR) is 127 cm³/mol. The molecule has 1 aliphatic rings. The van der Waals surface area contributed by atoms with E-state index in [4.69, 9.17) is 4.74 Å². The van der Waals surface area contributed by atoms with Gasteiger partial charge in [-0.3, -0.25) is 4.90 Å². The maximum absolute atomic E-state index is 13.3. The Morgan fingerprint density at radius 3 is 2.50 bits per heavy atom. The van der Waals surface area contributed by atoms with E-state index in [2.05, 4.69) is 21.2 Å². The van der Waals surface area contributed by atoms with E-state index >= 15 is 0 Å². The summed E-state index contributed by atoms with van der Waals surface area (Å²) in [6, 6.07) is 7.34. The van der Waals surface area contributed by atoms with Crippen LogP contribution in [0, 0.1) is 11.3 Å². The Balaban J connectivity index is 2.31. The lowest BCUT2D eigenvalue weighted by Gasteiger charge is -2.36. The summed E-state index contributed by atoms with van der Waals surface area (Å²) in [5.74, 6) is -0.905. The van der Waals surface area contributed by atoms with Gasteiger partial charge >= 0.3 is 18.2 Å². The highest BCUT2D eigenvalue weighted by molar-refractivity contribution is 9.09. The van der Waals surface area contributed by atoms with Crippen LogP contribution in [0.5, 0.6) is 0 Å². The van der Waals surface area contributed by atoms with Crippen molar-refractivity contribution in [1.29, 1.82) is 5.26 Å². The van der Waals surface area contributed by atoms with E-state index in [-0.39, 0.29) is 44.9 Å². The van der Waals surface area contributed by atoms with Crippen molar-refractivity contribution >= 4 is 43.5 Å². The summed E-state index contributed by atoms with van der Waals surface area (Å²) in [5.41, 5.74) is -1.36. The zero-order valence-corrected chi connectivity index (χ0v) is 21.3. The molecule has 0 saturated carbocycles. The number of hydrogen-bond donors (Lipinski definition) is 1. The molecule has 3 rings (SSSR count). The molecule has 2 amide bonds. The summed E-state index contributed by atoms with van der Waals surface area (Å²) in [5, 5.41) is 11.6. The molecular weight excluding hydrogens is 567 g/mol. The van der Waals surface area contributed by atoms with Gasteiger partial charge in [0.25, 0.3) is 0 Å². The third kappa shape index (κ3) is 5.39. The maximum atomic E-state index is 13.3. The Kier molecular flexibility index (Phi) is 7.80. The van der Waals surface area contributed by atoms with Gasteiger partial charge in [0.2, 0.25) is 0 Å². The number of urea groups is 1. The molecule has 1 aliphatic heterocycles. The highest BCUT2D eigenvalue weighted by Crippen LogP contribution is 2.39. The summed E-state index contributed by atoms with van der Waals surface area (Å²) in [6.07, 6.45) is -3.77. The first kappa shape index (κ1) is 27.2. The lowest BCUT2D eigenvalue weighted by molar-refractivity contribution is -0.139. The van der Waals surface area contributed by atoms with E-state index in [0.29, 0.717) is 0 Å². The number of ether oxygens (including phenoxy) is 1. The number of nitrogens with one attached hydrogen (secondary N) is 1. The molecule has 0 bridgehead atoms. The average molecular weight is 586 g/mol. The fourth-order valence-corrected chi connectivity index (χ4v) is 5.25. The van der Waals surface area contributed by atoms with E-state index in [1.165, 1.54) is 25.1 Å². The molecule has 0 radical (unpaired) electrons. The average Bonchev–Trinajstić information content (AvgIpc) is 2.81. The molecule has 8 nitrogen and oxygen atoms in total. The molecule has 1 N–H and O–H groups in total. The number of nitrogens with zero attached hydrogens (tertiary/aromatic N) is 2. The molecule has 0 saturated heterocycles. The van der Waals surface area contributed by atoms with E-state index in [1.54, 1.807) is 0 Å². The van der Waals surface area contributed by atoms with Gasteiger partial charge in [0, 0.05) is 11.6 Å². The van der Waals surface area contributed by atoms with Gasteiger partial charge < -0.3 is 10.1 Å². The summed E-state index contributed by atoms with van der Waals surface area (Å²) < 4.78 is 70.2. The number of alkyl halides is 4. The summed E-state index contributed by atoms with van der Waals surface area (Å²) >= 11 is 3.20. The van der Waals surface area contributed by atoms with Gasteiger partial charge in [-0.15, -0.1) is 0 Å². The molecule has 36 heavy (non-hydrogen) atoms. The normalized spacial score (nSPS) is 16.4. The molecule has 1 heterocycles. The number of allylic oxidation sites excluding steroid dienone is 1. The number of hydrogen-bond acceptors (Lipinski definition) is 6.